The van der Waals surface area contributed by atoms with E-state index in [-0.39, 0.29) is 5.41 Å². The molecule has 0 saturated heterocycles. The van der Waals surface area contributed by atoms with E-state index in [1.54, 1.807) is 0 Å². The molecule has 1 rings (SSSR count). The van der Waals surface area contributed by atoms with Gasteiger partial charge < -0.3 is 15.4 Å². The van der Waals surface area contributed by atoms with E-state index in [0.717, 1.165) is 26.1 Å². The zero-order valence-corrected chi connectivity index (χ0v) is 12.2. The molecule has 1 fully saturated rings. The number of hydrogen-bond donors (Lipinski definition) is 2. The third-order valence-corrected chi connectivity index (χ3v) is 4.07. The minimum absolute atomic E-state index is 0.289. The van der Waals surface area contributed by atoms with Gasteiger partial charge in [0.05, 0.1) is 6.10 Å². The lowest BCUT2D eigenvalue weighted by Crippen LogP contribution is -2.61. The number of ether oxygens (including phenoxy) is 1. The average molecular weight is 242 g/mol. The van der Waals surface area contributed by atoms with Crippen molar-refractivity contribution in [2.75, 3.05) is 19.7 Å². The van der Waals surface area contributed by atoms with Crippen molar-refractivity contribution in [3.05, 3.63) is 0 Å². The fourth-order valence-electron chi connectivity index (χ4n) is 2.64. The molecule has 17 heavy (non-hydrogen) atoms. The van der Waals surface area contributed by atoms with Gasteiger partial charge in [0.2, 0.25) is 0 Å². The standard InChI is InChI=1S/C14H30N2O/c1-6-15-11(3)8-9-16-12-10-13(17-7-2)14(12,4)5/h11-13,15-16H,6-10H2,1-5H3. The van der Waals surface area contributed by atoms with Gasteiger partial charge in [-0.3, -0.25) is 0 Å². The van der Waals surface area contributed by atoms with E-state index >= 15 is 0 Å². The van der Waals surface area contributed by atoms with Crippen LogP contribution in [-0.2, 0) is 4.74 Å². The van der Waals surface area contributed by atoms with Crippen LogP contribution in [-0.4, -0.2) is 37.9 Å². The monoisotopic (exact) mass is 242 g/mol. The van der Waals surface area contributed by atoms with Crippen LogP contribution >= 0.6 is 0 Å². The maximum absolute atomic E-state index is 5.74. The lowest BCUT2D eigenvalue weighted by atomic mass is 9.64. The van der Waals surface area contributed by atoms with Gasteiger partial charge in [-0.05, 0) is 39.8 Å². The van der Waals surface area contributed by atoms with E-state index in [1.807, 2.05) is 0 Å². The fourth-order valence-corrected chi connectivity index (χ4v) is 2.64. The minimum atomic E-state index is 0.289. The van der Waals surface area contributed by atoms with Crippen molar-refractivity contribution < 1.29 is 4.74 Å². The first kappa shape index (κ1) is 14.9. The molecule has 0 heterocycles. The Morgan fingerprint density at radius 3 is 2.59 bits per heavy atom. The van der Waals surface area contributed by atoms with Gasteiger partial charge in [-0.2, -0.15) is 0 Å². The van der Waals surface area contributed by atoms with Gasteiger partial charge >= 0.3 is 0 Å². The Bertz CT molecular complexity index is 218. The van der Waals surface area contributed by atoms with Crippen molar-refractivity contribution in [1.82, 2.24) is 10.6 Å². The Morgan fingerprint density at radius 1 is 1.35 bits per heavy atom. The van der Waals surface area contributed by atoms with Gasteiger partial charge in [-0.1, -0.05) is 20.8 Å². The molecule has 0 amide bonds. The molecule has 1 aliphatic rings. The number of nitrogens with one attached hydrogen (secondary N) is 2. The summed E-state index contributed by atoms with van der Waals surface area (Å²) < 4.78 is 5.74. The highest BCUT2D eigenvalue weighted by molar-refractivity contribution is 5.02. The fraction of sp³-hybridized carbons (Fsp3) is 1.00. The second kappa shape index (κ2) is 6.72. The molecule has 3 nitrogen and oxygen atoms in total. The summed E-state index contributed by atoms with van der Waals surface area (Å²) in [6.45, 7) is 14.1. The van der Waals surface area contributed by atoms with E-state index in [2.05, 4.69) is 45.3 Å². The van der Waals surface area contributed by atoms with Crippen LogP contribution in [0.25, 0.3) is 0 Å². The molecule has 0 bridgehead atoms. The molecule has 1 aliphatic carbocycles. The van der Waals surface area contributed by atoms with Crippen molar-refractivity contribution in [2.45, 2.75) is 65.6 Å². The van der Waals surface area contributed by atoms with Crippen molar-refractivity contribution >= 4 is 0 Å². The van der Waals surface area contributed by atoms with Gasteiger partial charge in [0.15, 0.2) is 0 Å². The quantitative estimate of drug-likeness (QED) is 0.684. The Hall–Kier alpha value is -0.120. The Labute approximate surface area is 107 Å². The van der Waals surface area contributed by atoms with Crippen molar-refractivity contribution in [2.24, 2.45) is 5.41 Å². The average Bonchev–Trinajstić information content (AvgIpc) is 2.27. The maximum Gasteiger partial charge on any atom is 0.0655 e. The first-order chi connectivity index (χ1) is 8.02. The van der Waals surface area contributed by atoms with E-state index in [4.69, 9.17) is 4.74 Å². The summed E-state index contributed by atoms with van der Waals surface area (Å²) in [5.74, 6) is 0. The molecule has 1 saturated carbocycles. The summed E-state index contributed by atoms with van der Waals surface area (Å²) in [4.78, 5) is 0. The third-order valence-electron chi connectivity index (χ3n) is 4.07. The summed E-state index contributed by atoms with van der Waals surface area (Å²) in [6, 6.07) is 1.23. The molecule has 102 valence electrons. The molecule has 0 radical (unpaired) electrons. The topological polar surface area (TPSA) is 33.3 Å². The summed E-state index contributed by atoms with van der Waals surface area (Å²) in [6.07, 6.45) is 2.80. The summed E-state index contributed by atoms with van der Waals surface area (Å²) >= 11 is 0. The van der Waals surface area contributed by atoms with Crippen LogP contribution in [0.2, 0.25) is 0 Å². The lowest BCUT2D eigenvalue weighted by molar-refractivity contribution is -0.114. The zero-order chi connectivity index (χ0) is 12.9. The summed E-state index contributed by atoms with van der Waals surface area (Å²) in [5, 5.41) is 7.11. The highest BCUT2D eigenvalue weighted by atomic mass is 16.5. The number of hydrogen-bond acceptors (Lipinski definition) is 3. The molecule has 0 aromatic heterocycles. The van der Waals surface area contributed by atoms with Crippen molar-refractivity contribution in [3.63, 3.8) is 0 Å². The van der Waals surface area contributed by atoms with Crippen LogP contribution in [0.5, 0.6) is 0 Å². The van der Waals surface area contributed by atoms with E-state index < -0.39 is 0 Å². The van der Waals surface area contributed by atoms with E-state index in [1.165, 1.54) is 6.42 Å². The molecular weight excluding hydrogens is 212 g/mol. The smallest absolute Gasteiger partial charge is 0.0655 e. The SMILES string of the molecule is CCNC(C)CCNC1CC(OCC)C1(C)C. The number of rotatable bonds is 8. The van der Waals surface area contributed by atoms with Gasteiger partial charge in [-0.15, -0.1) is 0 Å². The molecule has 0 aliphatic heterocycles. The highest BCUT2D eigenvalue weighted by Crippen LogP contribution is 2.42. The Kier molecular flexibility index (Phi) is 5.90. The van der Waals surface area contributed by atoms with Crippen LogP contribution < -0.4 is 10.6 Å². The van der Waals surface area contributed by atoms with Gasteiger partial charge in [-0.25, -0.2) is 0 Å². The predicted molar refractivity (Wildman–Crippen MR) is 73.4 cm³/mol. The molecule has 2 N–H and O–H groups in total. The summed E-state index contributed by atoms with van der Waals surface area (Å²) in [7, 11) is 0. The second-order valence-corrected chi connectivity index (χ2v) is 5.76. The van der Waals surface area contributed by atoms with E-state index in [0.29, 0.717) is 18.2 Å². The van der Waals surface area contributed by atoms with Crippen molar-refractivity contribution in [3.8, 4) is 0 Å². The molecular formula is C14H30N2O. The lowest BCUT2D eigenvalue weighted by Gasteiger charge is -2.52. The molecule has 0 spiro atoms. The van der Waals surface area contributed by atoms with Crippen LogP contribution in [0.4, 0.5) is 0 Å². The predicted octanol–water partition coefficient (Wildman–Crippen LogP) is 2.17. The largest absolute Gasteiger partial charge is 0.378 e. The summed E-state index contributed by atoms with van der Waals surface area (Å²) in [5.41, 5.74) is 0.289. The van der Waals surface area contributed by atoms with Crippen LogP contribution in [0, 0.1) is 5.41 Å². The molecule has 3 unspecified atom stereocenters. The van der Waals surface area contributed by atoms with Crippen LogP contribution in [0.15, 0.2) is 0 Å². The first-order valence-corrected chi connectivity index (χ1v) is 7.10. The molecule has 3 atom stereocenters. The Balaban J connectivity index is 2.17. The molecule has 0 aromatic rings. The minimum Gasteiger partial charge on any atom is -0.378 e. The third kappa shape index (κ3) is 3.94. The van der Waals surface area contributed by atoms with Crippen LogP contribution in [0.3, 0.4) is 0 Å². The molecule has 3 heteroatoms. The zero-order valence-electron chi connectivity index (χ0n) is 12.2. The second-order valence-electron chi connectivity index (χ2n) is 5.76. The van der Waals surface area contributed by atoms with Gasteiger partial charge in [0.25, 0.3) is 0 Å². The highest BCUT2D eigenvalue weighted by Gasteiger charge is 2.48. The van der Waals surface area contributed by atoms with E-state index in [9.17, 15) is 0 Å². The maximum atomic E-state index is 5.74. The normalized spacial score (nSPS) is 28.8. The van der Waals surface area contributed by atoms with Gasteiger partial charge in [0, 0.05) is 24.1 Å². The molecule has 0 aromatic carbocycles. The van der Waals surface area contributed by atoms with Crippen LogP contribution in [0.1, 0.15) is 47.5 Å². The first-order valence-electron chi connectivity index (χ1n) is 7.10. The van der Waals surface area contributed by atoms with Gasteiger partial charge in [0.1, 0.15) is 0 Å². The van der Waals surface area contributed by atoms with Crippen molar-refractivity contribution in [1.29, 1.82) is 0 Å². The Morgan fingerprint density at radius 2 is 2.06 bits per heavy atom.